The van der Waals surface area contributed by atoms with Gasteiger partial charge in [0.25, 0.3) is 0 Å². The van der Waals surface area contributed by atoms with Crippen LogP contribution in [-0.2, 0) is 19.1 Å². The molecule has 3 aliphatic rings. The van der Waals surface area contributed by atoms with E-state index in [4.69, 9.17) is 9.47 Å². The molecule has 0 saturated heterocycles. The zero-order chi connectivity index (χ0) is 17.0. The van der Waals surface area contributed by atoms with Gasteiger partial charge in [-0.15, -0.1) is 0 Å². The summed E-state index contributed by atoms with van der Waals surface area (Å²) in [7, 11) is 0. The van der Waals surface area contributed by atoms with Crippen LogP contribution in [0.25, 0.3) is 0 Å². The third-order valence-corrected chi connectivity index (χ3v) is 6.99. The second kappa shape index (κ2) is 5.22. The van der Waals surface area contributed by atoms with Crippen molar-refractivity contribution in [3.63, 3.8) is 0 Å². The average Bonchev–Trinajstić information content (AvgIpc) is 2.59. The Morgan fingerprint density at radius 2 is 1.52 bits per heavy atom. The van der Waals surface area contributed by atoms with Gasteiger partial charge in [-0.25, -0.2) is 0 Å². The lowest BCUT2D eigenvalue weighted by Crippen LogP contribution is -2.55. The van der Waals surface area contributed by atoms with Crippen LogP contribution in [0.1, 0.15) is 73.1 Å². The summed E-state index contributed by atoms with van der Waals surface area (Å²) in [5.41, 5.74) is 0.285. The lowest BCUT2D eigenvalue weighted by molar-refractivity contribution is -0.186. The van der Waals surface area contributed by atoms with E-state index in [2.05, 4.69) is 20.8 Å². The maximum Gasteiger partial charge on any atom is 0.302 e. The molecule has 4 nitrogen and oxygen atoms in total. The molecule has 0 aromatic heterocycles. The van der Waals surface area contributed by atoms with Gasteiger partial charge < -0.3 is 9.47 Å². The smallest absolute Gasteiger partial charge is 0.302 e. The summed E-state index contributed by atoms with van der Waals surface area (Å²) in [6.45, 7) is 9.92. The molecule has 5 atom stereocenters. The van der Waals surface area contributed by atoms with Crippen LogP contribution in [0.5, 0.6) is 0 Å². The first kappa shape index (κ1) is 16.8. The molecule has 4 heteroatoms. The summed E-state index contributed by atoms with van der Waals surface area (Å²) < 4.78 is 11.5. The zero-order valence-electron chi connectivity index (χ0n) is 15.1. The van der Waals surface area contributed by atoms with Crippen molar-refractivity contribution >= 4 is 11.9 Å². The number of hydrogen-bond acceptors (Lipinski definition) is 4. The molecule has 23 heavy (non-hydrogen) atoms. The topological polar surface area (TPSA) is 52.6 Å². The van der Waals surface area contributed by atoms with Gasteiger partial charge in [-0.1, -0.05) is 20.8 Å². The molecule has 0 N–H and O–H groups in total. The van der Waals surface area contributed by atoms with Gasteiger partial charge >= 0.3 is 11.9 Å². The Balaban J connectivity index is 1.92. The monoisotopic (exact) mass is 322 g/mol. The number of carbonyl (C=O) groups is 2. The molecule has 130 valence electrons. The van der Waals surface area contributed by atoms with Crippen molar-refractivity contribution in [1.82, 2.24) is 0 Å². The number of hydrogen-bond donors (Lipinski definition) is 0. The third-order valence-electron chi connectivity index (χ3n) is 6.99. The van der Waals surface area contributed by atoms with Crippen molar-refractivity contribution in [3.8, 4) is 0 Å². The first-order chi connectivity index (χ1) is 10.6. The first-order valence-corrected chi connectivity index (χ1v) is 8.94. The normalized spacial score (nSPS) is 44.3. The number of carbonyl (C=O) groups excluding carboxylic acids is 2. The molecule has 2 bridgehead atoms. The van der Waals surface area contributed by atoms with Gasteiger partial charge in [0.2, 0.25) is 0 Å². The molecule has 0 aromatic carbocycles. The van der Waals surface area contributed by atoms with Gasteiger partial charge in [0.15, 0.2) is 0 Å². The van der Waals surface area contributed by atoms with Crippen molar-refractivity contribution in [2.75, 3.05) is 0 Å². The maximum absolute atomic E-state index is 11.6. The average molecular weight is 322 g/mol. The quantitative estimate of drug-likeness (QED) is 0.724. The van der Waals surface area contributed by atoms with Crippen molar-refractivity contribution in [2.45, 2.75) is 85.4 Å². The lowest BCUT2D eigenvalue weighted by atomic mass is 9.49. The standard InChI is InChI=1S/C19H30O4/c1-12(20)22-15-7-9-19-11-18(15,5)8-6-14(19)17(3,4)10-16(19)23-13(2)21/h14-16H,6-11H2,1-5H3/t14-,15+,16-,18+,19+/m1/s1. The number of fused-ring (bicyclic) bond motifs is 1. The Morgan fingerprint density at radius 3 is 2.13 bits per heavy atom. The fraction of sp³-hybridized carbons (Fsp3) is 0.895. The van der Waals surface area contributed by atoms with Crippen LogP contribution in [0.2, 0.25) is 0 Å². The largest absolute Gasteiger partial charge is 0.462 e. The minimum atomic E-state index is -0.183. The van der Waals surface area contributed by atoms with Crippen molar-refractivity contribution < 1.29 is 19.1 Å². The molecular weight excluding hydrogens is 292 g/mol. The molecule has 3 rings (SSSR count). The SMILES string of the molecule is CC(=O)O[C@H]1CC[C@]23C[C@]1(C)CC[C@@H]2C(C)(C)C[C@H]3OC(C)=O. The summed E-state index contributed by atoms with van der Waals surface area (Å²) in [5.74, 6) is 0.235. The molecule has 0 unspecified atom stereocenters. The second-order valence-electron chi connectivity index (χ2n) is 9.08. The molecule has 3 fully saturated rings. The van der Waals surface area contributed by atoms with Crippen LogP contribution in [0.3, 0.4) is 0 Å². The molecule has 0 amide bonds. The highest BCUT2D eigenvalue weighted by molar-refractivity contribution is 5.66. The summed E-state index contributed by atoms with van der Waals surface area (Å²) in [5, 5.41) is 0. The van der Waals surface area contributed by atoms with Crippen molar-refractivity contribution in [3.05, 3.63) is 0 Å². The van der Waals surface area contributed by atoms with Crippen LogP contribution >= 0.6 is 0 Å². The Morgan fingerprint density at radius 1 is 0.913 bits per heavy atom. The van der Waals surface area contributed by atoms with Crippen molar-refractivity contribution in [1.29, 1.82) is 0 Å². The number of rotatable bonds is 2. The van der Waals surface area contributed by atoms with E-state index < -0.39 is 0 Å². The van der Waals surface area contributed by atoms with Gasteiger partial charge in [-0.3, -0.25) is 9.59 Å². The minimum absolute atomic E-state index is 0.00765. The highest BCUT2D eigenvalue weighted by Crippen LogP contribution is 2.69. The van der Waals surface area contributed by atoms with Gasteiger partial charge in [0.05, 0.1) is 0 Å². The summed E-state index contributed by atoms with van der Waals surface area (Å²) in [6, 6.07) is 0. The Labute approximate surface area is 139 Å². The molecule has 0 aromatic rings. The van der Waals surface area contributed by atoms with E-state index in [9.17, 15) is 9.59 Å². The van der Waals surface area contributed by atoms with Gasteiger partial charge in [0, 0.05) is 24.7 Å². The van der Waals surface area contributed by atoms with E-state index in [0.29, 0.717) is 5.92 Å². The van der Waals surface area contributed by atoms with Crippen LogP contribution in [0.4, 0.5) is 0 Å². The maximum atomic E-state index is 11.6. The van der Waals surface area contributed by atoms with Crippen LogP contribution < -0.4 is 0 Å². The molecule has 1 spiro atoms. The van der Waals surface area contributed by atoms with E-state index in [1.165, 1.54) is 13.8 Å². The van der Waals surface area contributed by atoms with Crippen LogP contribution in [0, 0.1) is 22.2 Å². The van der Waals surface area contributed by atoms with E-state index in [1.807, 2.05) is 0 Å². The number of esters is 2. The summed E-state index contributed by atoms with van der Waals surface area (Å²) in [6.07, 6.45) is 6.08. The second-order valence-corrected chi connectivity index (χ2v) is 9.08. The van der Waals surface area contributed by atoms with Gasteiger partial charge in [0.1, 0.15) is 12.2 Å². The van der Waals surface area contributed by atoms with E-state index >= 15 is 0 Å². The third kappa shape index (κ3) is 2.58. The van der Waals surface area contributed by atoms with Crippen LogP contribution in [-0.4, -0.2) is 24.1 Å². The molecule has 3 saturated carbocycles. The van der Waals surface area contributed by atoms with E-state index in [1.54, 1.807) is 0 Å². The predicted octanol–water partition coefficient (Wildman–Crippen LogP) is 3.87. The van der Waals surface area contributed by atoms with Gasteiger partial charge in [-0.05, 0) is 49.9 Å². The molecular formula is C19H30O4. The van der Waals surface area contributed by atoms with Crippen LogP contribution in [0.15, 0.2) is 0 Å². The molecule has 3 aliphatic carbocycles. The highest BCUT2D eigenvalue weighted by atomic mass is 16.5. The zero-order valence-corrected chi connectivity index (χ0v) is 15.1. The van der Waals surface area contributed by atoms with Crippen molar-refractivity contribution in [2.24, 2.45) is 22.2 Å². The first-order valence-electron chi connectivity index (χ1n) is 8.94. The number of ether oxygens (including phenoxy) is 2. The fourth-order valence-corrected chi connectivity index (χ4v) is 6.26. The van der Waals surface area contributed by atoms with E-state index in [-0.39, 0.29) is 40.4 Å². The molecule has 0 heterocycles. The predicted molar refractivity (Wildman–Crippen MR) is 86.6 cm³/mol. The lowest BCUT2D eigenvalue weighted by Gasteiger charge is -2.58. The summed E-state index contributed by atoms with van der Waals surface area (Å²) in [4.78, 5) is 23.1. The molecule has 0 radical (unpaired) electrons. The highest BCUT2D eigenvalue weighted by Gasteiger charge is 2.66. The van der Waals surface area contributed by atoms with Gasteiger partial charge in [-0.2, -0.15) is 0 Å². The fourth-order valence-electron chi connectivity index (χ4n) is 6.26. The Bertz CT molecular complexity index is 525. The Kier molecular flexibility index (Phi) is 3.81. The molecule has 0 aliphatic heterocycles. The minimum Gasteiger partial charge on any atom is -0.462 e. The van der Waals surface area contributed by atoms with E-state index in [0.717, 1.165) is 38.5 Å². The Hall–Kier alpha value is -1.06. The summed E-state index contributed by atoms with van der Waals surface area (Å²) >= 11 is 0.